The SMILES string of the molecule is O=C(CNC(CCO)c1ccccc1)NC1(c2ccccc2)CCC1. The molecule has 0 aromatic heterocycles. The van der Waals surface area contributed by atoms with Gasteiger partial charge in [-0.1, -0.05) is 60.7 Å². The lowest BCUT2D eigenvalue weighted by Gasteiger charge is -2.43. The Balaban J connectivity index is 1.60. The maximum Gasteiger partial charge on any atom is 0.234 e. The Morgan fingerprint density at radius 3 is 2.24 bits per heavy atom. The summed E-state index contributed by atoms with van der Waals surface area (Å²) in [5.41, 5.74) is 2.06. The summed E-state index contributed by atoms with van der Waals surface area (Å²) >= 11 is 0. The quantitative estimate of drug-likeness (QED) is 0.693. The molecule has 3 N–H and O–H groups in total. The average Bonchev–Trinajstić information content (AvgIpc) is 2.63. The summed E-state index contributed by atoms with van der Waals surface area (Å²) in [7, 11) is 0. The number of amides is 1. The fourth-order valence-electron chi connectivity index (χ4n) is 3.50. The van der Waals surface area contributed by atoms with Crippen molar-refractivity contribution in [2.45, 2.75) is 37.3 Å². The third kappa shape index (κ3) is 4.27. The molecule has 2 aromatic carbocycles. The first-order valence-electron chi connectivity index (χ1n) is 8.99. The van der Waals surface area contributed by atoms with E-state index in [1.54, 1.807) is 0 Å². The fourth-order valence-corrected chi connectivity index (χ4v) is 3.50. The lowest BCUT2D eigenvalue weighted by atomic mass is 9.72. The van der Waals surface area contributed by atoms with Crippen LogP contribution in [0.25, 0.3) is 0 Å². The van der Waals surface area contributed by atoms with Crippen molar-refractivity contribution in [1.82, 2.24) is 10.6 Å². The number of aliphatic hydroxyl groups is 1. The number of hydrogen-bond donors (Lipinski definition) is 3. The van der Waals surface area contributed by atoms with Gasteiger partial charge >= 0.3 is 0 Å². The molecule has 0 radical (unpaired) electrons. The van der Waals surface area contributed by atoms with Crippen molar-refractivity contribution in [2.24, 2.45) is 0 Å². The molecule has 0 spiro atoms. The highest BCUT2D eigenvalue weighted by Gasteiger charge is 2.39. The van der Waals surface area contributed by atoms with Crippen LogP contribution in [0.2, 0.25) is 0 Å². The molecule has 1 aliphatic rings. The van der Waals surface area contributed by atoms with Crippen molar-refractivity contribution >= 4 is 5.91 Å². The van der Waals surface area contributed by atoms with Gasteiger partial charge in [0, 0.05) is 12.6 Å². The van der Waals surface area contributed by atoms with Crippen molar-refractivity contribution in [1.29, 1.82) is 0 Å². The molecule has 0 bridgehead atoms. The van der Waals surface area contributed by atoms with E-state index in [-0.39, 0.29) is 30.6 Å². The molecule has 3 rings (SSSR count). The van der Waals surface area contributed by atoms with Gasteiger partial charge in [0.2, 0.25) is 5.91 Å². The topological polar surface area (TPSA) is 61.4 Å². The van der Waals surface area contributed by atoms with Crippen LogP contribution in [0.5, 0.6) is 0 Å². The van der Waals surface area contributed by atoms with E-state index in [1.807, 2.05) is 48.5 Å². The standard InChI is InChI=1S/C21H26N2O2/c24-15-12-19(17-8-3-1-4-9-17)22-16-20(25)23-21(13-7-14-21)18-10-5-2-6-11-18/h1-6,8-11,19,22,24H,7,12-16H2,(H,23,25). The van der Waals surface area contributed by atoms with Gasteiger partial charge in [0.25, 0.3) is 0 Å². The monoisotopic (exact) mass is 338 g/mol. The van der Waals surface area contributed by atoms with E-state index >= 15 is 0 Å². The molecular formula is C21H26N2O2. The molecule has 0 heterocycles. The first-order valence-corrected chi connectivity index (χ1v) is 8.99. The largest absolute Gasteiger partial charge is 0.396 e. The number of aliphatic hydroxyl groups excluding tert-OH is 1. The van der Waals surface area contributed by atoms with Gasteiger partial charge in [0.05, 0.1) is 12.1 Å². The van der Waals surface area contributed by atoms with Gasteiger partial charge in [-0.2, -0.15) is 0 Å². The average molecular weight is 338 g/mol. The minimum absolute atomic E-state index is 0.00224. The highest BCUT2D eigenvalue weighted by atomic mass is 16.3. The molecule has 1 saturated carbocycles. The number of rotatable bonds is 8. The number of benzene rings is 2. The number of carbonyl (C=O) groups excluding carboxylic acids is 1. The van der Waals surface area contributed by atoms with Crippen molar-refractivity contribution in [2.75, 3.05) is 13.2 Å². The second-order valence-electron chi connectivity index (χ2n) is 6.71. The van der Waals surface area contributed by atoms with E-state index < -0.39 is 0 Å². The third-order valence-corrected chi connectivity index (χ3v) is 5.04. The zero-order chi connectivity index (χ0) is 17.5. The van der Waals surface area contributed by atoms with E-state index in [0.29, 0.717) is 6.42 Å². The van der Waals surface area contributed by atoms with Gasteiger partial charge in [0.15, 0.2) is 0 Å². The summed E-state index contributed by atoms with van der Waals surface area (Å²) in [5, 5.41) is 15.8. The van der Waals surface area contributed by atoms with Gasteiger partial charge in [-0.3, -0.25) is 4.79 Å². The van der Waals surface area contributed by atoms with E-state index in [2.05, 4.69) is 22.8 Å². The lowest BCUT2D eigenvalue weighted by molar-refractivity contribution is -0.123. The molecule has 0 saturated heterocycles. The molecule has 1 aliphatic carbocycles. The molecular weight excluding hydrogens is 312 g/mol. The summed E-state index contributed by atoms with van der Waals surface area (Å²) < 4.78 is 0. The molecule has 1 unspecified atom stereocenters. The number of hydrogen-bond acceptors (Lipinski definition) is 3. The second kappa shape index (κ2) is 8.28. The van der Waals surface area contributed by atoms with Crippen LogP contribution in [0.3, 0.4) is 0 Å². The molecule has 2 aromatic rings. The smallest absolute Gasteiger partial charge is 0.234 e. The maximum absolute atomic E-state index is 12.5. The molecule has 132 valence electrons. The number of carbonyl (C=O) groups is 1. The van der Waals surface area contributed by atoms with Crippen LogP contribution < -0.4 is 10.6 Å². The predicted molar refractivity (Wildman–Crippen MR) is 99.0 cm³/mol. The highest BCUT2D eigenvalue weighted by molar-refractivity contribution is 5.79. The minimum atomic E-state index is -0.209. The Kier molecular flexibility index (Phi) is 5.84. The molecule has 4 nitrogen and oxygen atoms in total. The maximum atomic E-state index is 12.5. The van der Waals surface area contributed by atoms with E-state index in [1.165, 1.54) is 5.56 Å². The number of nitrogens with one attached hydrogen (secondary N) is 2. The molecule has 25 heavy (non-hydrogen) atoms. The first kappa shape index (κ1) is 17.6. The van der Waals surface area contributed by atoms with E-state index in [4.69, 9.17) is 0 Å². The summed E-state index contributed by atoms with van der Waals surface area (Å²) in [6.07, 6.45) is 3.70. The molecule has 1 fully saturated rings. The van der Waals surface area contributed by atoms with Gasteiger partial charge in [-0.05, 0) is 36.8 Å². The van der Waals surface area contributed by atoms with Crippen molar-refractivity contribution in [3.05, 3.63) is 71.8 Å². The van der Waals surface area contributed by atoms with Gasteiger partial charge in [0.1, 0.15) is 0 Å². The van der Waals surface area contributed by atoms with Gasteiger partial charge < -0.3 is 15.7 Å². The van der Waals surface area contributed by atoms with Crippen molar-refractivity contribution < 1.29 is 9.90 Å². The van der Waals surface area contributed by atoms with Crippen molar-refractivity contribution in [3.63, 3.8) is 0 Å². The Bertz CT molecular complexity index is 669. The Morgan fingerprint density at radius 2 is 1.68 bits per heavy atom. The Morgan fingerprint density at radius 1 is 1.04 bits per heavy atom. The lowest BCUT2D eigenvalue weighted by Crippen LogP contribution is -2.53. The molecule has 1 amide bonds. The van der Waals surface area contributed by atoms with E-state index in [0.717, 1.165) is 24.8 Å². The van der Waals surface area contributed by atoms with E-state index in [9.17, 15) is 9.90 Å². The summed E-state index contributed by atoms with van der Waals surface area (Å²) in [4.78, 5) is 12.5. The molecule has 4 heteroatoms. The summed E-state index contributed by atoms with van der Waals surface area (Å²) in [6.45, 7) is 0.330. The first-order chi connectivity index (χ1) is 12.2. The zero-order valence-electron chi connectivity index (χ0n) is 14.4. The predicted octanol–water partition coefficient (Wildman–Crippen LogP) is 2.90. The van der Waals surface area contributed by atoms with Crippen molar-refractivity contribution in [3.8, 4) is 0 Å². The van der Waals surface area contributed by atoms with Gasteiger partial charge in [-0.25, -0.2) is 0 Å². The van der Waals surface area contributed by atoms with Crippen LogP contribution in [-0.2, 0) is 10.3 Å². The third-order valence-electron chi connectivity index (χ3n) is 5.04. The highest BCUT2D eigenvalue weighted by Crippen LogP contribution is 2.41. The molecule has 0 aliphatic heterocycles. The Labute approximate surface area is 149 Å². The summed E-state index contributed by atoms with van der Waals surface area (Å²) in [6, 6.07) is 20.1. The van der Waals surface area contributed by atoms with Crippen LogP contribution in [0, 0.1) is 0 Å². The van der Waals surface area contributed by atoms with Crippen LogP contribution in [0.15, 0.2) is 60.7 Å². The fraction of sp³-hybridized carbons (Fsp3) is 0.381. The molecule has 1 atom stereocenters. The minimum Gasteiger partial charge on any atom is -0.396 e. The summed E-state index contributed by atoms with van der Waals surface area (Å²) in [5.74, 6) is 0.00224. The normalized spacial score (nSPS) is 16.7. The van der Waals surface area contributed by atoms with Crippen LogP contribution in [0.1, 0.15) is 42.9 Å². The van der Waals surface area contributed by atoms with Crippen LogP contribution in [0.4, 0.5) is 0 Å². The zero-order valence-corrected chi connectivity index (χ0v) is 14.4. The van der Waals surface area contributed by atoms with Gasteiger partial charge in [-0.15, -0.1) is 0 Å². The van der Waals surface area contributed by atoms with Crippen LogP contribution in [-0.4, -0.2) is 24.2 Å². The van der Waals surface area contributed by atoms with Crippen LogP contribution >= 0.6 is 0 Å². The second-order valence-corrected chi connectivity index (χ2v) is 6.71. The Hall–Kier alpha value is -2.17.